The molecule has 24 heavy (non-hydrogen) atoms. The molecule has 2 aliphatic rings. The van der Waals surface area contributed by atoms with Gasteiger partial charge < -0.3 is 15.0 Å². The largest absolute Gasteiger partial charge is 0.481 e. The summed E-state index contributed by atoms with van der Waals surface area (Å²) < 4.78 is 5.25. The van der Waals surface area contributed by atoms with Gasteiger partial charge in [-0.3, -0.25) is 9.59 Å². The van der Waals surface area contributed by atoms with Gasteiger partial charge in [0, 0.05) is 37.0 Å². The highest BCUT2D eigenvalue weighted by molar-refractivity contribution is 6.06. The van der Waals surface area contributed by atoms with E-state index in [1.54, 1.807) is 13.2 Å². The smallest absolute Gasteiger partial charge is 0.254 e. The van der Waals surface area contributed by atoms with Crippen molar-refractivity contribution in [2.75, 3.05) is 20.2 Å². The first-order chi connectivity index (χ1) is 11.7. The van der Waals surface area contributed by atoms with Crippen molar-refractivity contribution in [3.05, 3.63) is 35.9 Å². The molecule has 2 fully saturated rings. The number of fused-ring (bicyclic) bond motifs is 2. The number of piperidine rings is 1. The molecule has 6 heteroatoms. The zero-order chi connectivity index (χ0) is 16.7. The fraction of sp³-hybridized carbons (Fsp3) is 0.389. The molecule has 0 saturated carbocycles. The summed E-state index contributed by atoms with van der Waals surface area (Å²) in [5, 5.41) is 3.80. The predicted octanol–water partition coefficient (Wildman–Crippen LogP) is 1.59. The molecule has 6 nitrogen and oxygen atoms in total. The Bertz CT molecular complexity index is 820. The number of likely N-dealkylation sites (tertiary alicyclic amines) is 1. The number of nitrogens with one attached hydrogen (secondary N) is 1. The number of ether oxygens (including phenoxy) is 1. The van der Waals surface area contributed by atoms with Crippen LogP contribution in [-0.4, -0.2) is 47.9 Å². The Morgan fingerprint density at radius 2 is 2.21 bits per heavy atom. The van der Waals surface area contributed by atoms with Crippen LogP contribution in [0, 0.1) is 5.92 Å². The van der Waals surface area contributed by atoms with Crippen molar-refractivity contribution in [1.29, 1.82) is 0 Å². The number of amides is 2. The molecule has 2 aliphatic heterocycles. The standard InChI is InChI=1S/C18H19N3O3/c1-24-17-9-13(12-4-2-3-5-14(12)20-17)18(23)21-7-6-11-8-16(22)19-15(11)10-21/h2-5,9,11,15H,6-8,10H2,1H3,(H,19,22)/t11-,15-/m1/s1. The van der Waals surface area contributed by atoms with Crippen LogP contribution >= 0.6 is 0 Å². The van der Waals surface area contributed by atoms with E-state index in [9.17, 15) is 9.59 Å². The van der Waals surface area contributed by atoms with Gasteiger partial charge in [0.15, 0.2) is 0 Å². The number of rotatable bonds is 2. The van der Waals surface area contributed by atoms with Gasteiger partial charge in [-0.1, -0.05) is 18.2 Å². The summed E-state index contributed by atoms with van der Waals surface area (Å²) >= 11 is 0. The SMILES string of the molecule is COc1cc(C(=O)N2CC[C@@H]3CC(=O)N[C@@H]3C2)c2ccccc2n1. The number of carbonyl (C=O) groups excluding carboxylic acids is 2. The van der Waals surface area contributed by atoms with Crippen LogP contribution in [0.25, 0.3) is 10.9 Å². The van der Waals surface area contributed by atoms with Gasteiger partial charge in [-0.05, 0) is 18.4 Å². The van der Waals surface area contributed by atoms with Crippen LogP contribution in [0.4, 0.5) is 0 Å². The fourth-order valence-corrected chi connectivity index (χ4v) is 3.70. The first-order valence-electron chi connectivity index (χ1n) is 8.18. The van der Waals surface area contributed by atoms with Crippen molar-refractivity contribution in [3.63, 3.8) is 0 Å². The van der Waals surface area contributed by atoms with E-state index in [-0.39, 0.29) is 17.9 Å². The molecule has 0 radical (unpaired) electrons. The number of carbonyl (C=O) groups is 2. The quantitative estimate of drug-likeness (QED) is 0.910. The summed E-state index contributed by atoms with van der Waals surface area (Å²) in [6.45, 7) is 1.24. The molecule has 1 aromatic carbocycles. The number of pyridine rings is 1. The van der Waals surface area contributed by atoms with Crippen LogP contribution in [0.1, 0.15) is 23.2 Å². The summed E-state index contributed by atoms with van der Waals surface area (Å²) in [6.07, 6.45) is 1.44. The van der Waals surface area contributed by atoms with Crippen LogP contribution in [0.3, 0.4) is 0 Å². The van der Waals surface area contributed by atoms with Gasteiger partial charge in [-0.15, -0.1) is 0 Å². The van der Waals surface area contributed by atoms with Crippen molar-refractivity contribution in [3.8, 4) is 5.88 Å². The molecule has 124 valence electrons. The van der Waals surface area contributed by atoms with Crippen molar-refractivity contribution in [2.24, 2.45) is 5.92 Å². The van der Waals surface area contributed by atoms with E-state index in [1.807, 2.05) is 29.2 Å². The minimum absolute atomic E-state index is 0.0356. The van der Waals surface area contributed by atoms with E-state index in [4.69, 9.17) is 4.74 Å². The molecule has 1 N–H and O–H groups in total. The highest BCUT2D eigenvalue weighted by Crippen LogP contribution is 2.29. The number of hydrogen-bond donors (Lipinski definition) is 1. The lowest BCUT2D eigenvalue weighted by atomic mass is 9.92. The summed E-state index contributed by atoms with van der Waals surface area (Å²) in [5.41, 5.74) is 1.34. The Kier molecular flexibility index (Phi) is 3.59. The van der Waals surface area contributed by atoms with E-state index in [0.29, 0.717) is 36.9 Å². The lowest BCUT2D eigenvalue weighted by Crippen LogP contribution is -2.49. The van der Waals surface area contributed by atoms with Crippen LogP contribution in [-0.2, 0) is 4.79 Å². The first kappa shape index (κ1) is 14.9. The number of benzene rings is 1. The normalized spacial score (nSPS) is 23.0. The van der Waals surface area contributed by atoms with Crippen molar-refractivity contribution < 1.29 is 14.3 Å². The molecule has 2 saturated heterocycles. The molecule has 2 aromatic rings. The van der Waals surface area contributed by atoms with Crippen LogP contribution in [0.15, 0.2) is 30.3 Å². The minimum Gasteiger partial charge on any atom is -0.481 e. The van der Waals surface area contributed by atoms with Crippen LogP contribution in [0.2, 0.25) is 0 Å². The molecule has 0 spiro atoms. The van der Waals surface area contributed by atoms with E-state index in [1.165, 1.54) is 0 Å². The number of nitrogens with zero attached hydrogens (tertiary/aromatic N) is 2. The molecule has 0 aliphatic carbocycles. The molecule has 1 aromatic heterocycles. The van der Waals surface area contributed by atoms with E-state index in [2.05, 4.69) is 10.3 Å². The third kappa shape index (κ3) is 2.48. The lowest BCUT2D eigenvalue weighted by Gasteiger charge is -2.34. The van der Waals surface area contributed by atoms with Gasteiger partial charge in [-0.25, -0.2) is 4.98 Å². The molecule has 0 bridgehead atoms. The van der Waals surface area contributed by atoms with Crippen LogP contribution in [0.5, 0.6) is 5.88 Å². The van der Waals surface area contributed by atoms with Gasteiger partial charge in [0.05, 0.1) is 18.2 Å². The maximum absolute atomic E-state index is 13.1. The second kappa shape index (κ2) is 5.78. The highest BCUT2D eigenvalue weighted by Gasteiger charge is 2.38. The van der Waals surface area contributed by atoms with Gasteiger partial charge in [-0.2, -0.15) is 0 Å². The summed E-state index contributed by atoms with van der Waals surface area (Å²) in [4.78, 5) is 30.9. The molecular weight excluding hydrogens is 306 g/mol. The average molecular weight is 325 g/mol. The van der Waals surface area contributed by atoms with E-state index >= 15 is 0 Å². The summed E-state index contributed by atoms with van der Waals surface area (Å²) in [7, 11) is 1.55. The van der Waals surface area contributed by atoms with Gasteiger partial charge >= 0.3 is 0 Å². The summed E-state index contributed by atoms with van der Waals surface area (Å²) in [5.74, 6) is 0.841. The van der Waals surface area contributed by atoms with Crippen molar-refractivity contribution in [2.45, 2.75) is 18.9 Å². The fourth-order valence-electron chi connectivity index (χ4n) is 3.70. The molecular formula is C18H19N3O3. The number of methoxy groups -OCH3 is 1. The Morgan fingerprint density at radius 1 is 1.38 bits per heavy atom. The minimum atomic E-state index is -0.0356. The molecule has 0 unspecified atom stereocenters. The third-order valence-electron chi connectivity index (χ3n) is 4.97. The van der Waals surface area contributed by atoms with Crippen molar-refractivity contribution in [1.82, 2.24) is 15.2 Å². The van der Waals surface area contributed by atoms with Gasteiger partial charge in [0.1, 0.15) is 0 Å². The Morgan fingerprint density at radius 3 is 3.04 bits per heavy atom. The third-order valence-corrected chi connectivity index (χ3v) is 4.97. The summed E-state index contributed by atoms with van der Waals surface area (Å²) in [6, 6.07) is 9.34. The lowest BCUT2D eigenvalue weighted by molar-refractivity contribution is -0.119. The highest BCUT2D eigenvalue weighted by atomic mass is 16.5. The zero-order valence-electron chi connectivity index (χ0n) is 13.5. The molecule has 3 heterocycles. The topological polar surface area (TPSA) is 71.5 Å². The maximum Gasteiger partial charge on any atom is 0.254 e. The second-order valence-electron chi connectivity index (χ2n) is 6.41. The number of aromatic nitrogens is 1. The van der Waals surface area contributed by atoms with Crippen molar-refractivity contribution >= 4 is 22.7 Å². The monoisotopic (exact) mass is 325 g/mol. The predicted molar refractivity (Wildman–Crippen MR) is 88.9 cm³/mol. The average Bonchev–Trinajstić information content (AvgIpc) is 2.99. The molecule has 4 rings (SSSR count). The van der Waals surface area contributed by atoms with Crippen LogP contribution < -0.4 is 10.1 Å². The van der Waals surface area contributed by atoms with E-state index < -0.39 is 0 Å². The van der Waals surface area contributed by atoms with E-state index in [0.717, 1.165) is 17.3 Å². The Hall–Kier alpha value is -2.63. The zero-order valence-corrected chi connectivity index (χ0v) is 13.5. The Balaban J connectivity index is 1.67. The molecule has 2 amide bonds. The number of para-hydroxylation sites is 1. The van der Waals surface area contributed by atoms with Gasteiger partial charge in [0.25, 0.3) is 5.91 Å². The Labute approximate surface area is 139 Å². The maximum atomic E-state index is 13.1. The molecule has 2 atom stereocenters. The van der Waals surface area contributed by atoms with Gasteiger partial charge in [0.2, 0.25) is 11.8 Å². The second-order valence-corrected chi connectivity index (χ2v) is 6.41. The first-order valence-corrected chi connectivity index (χ1v) is 8.18. The number of hydrogen-bond acceptors (Lipinski definition) is 4.